The van der Waals surface area contributed by atoms with Crippen molar-refractivity contribution < 1.29 is 9.47 Å². The largest absolute Gasteiger partial charge is 0.491 e. The molecule has 4 nitrogen and oxygen atoms in total. The van der Waals surface area contributed by atoms with E-state index in [1.807, 2.05) is 18.2 Å². The van der Waals surface area contributed by atoms with Crippen molar-refractivity contribution in [2.45, 2.75) is 0 Å². The Labute approximate surface area is 94.0 Å². The molecular formula is C12H14N2O2. The van der Waals surface area contributed by atoms with Crippen molar-refractivity contribution in [3.05, 3.63) is 30.6 Å². The van der Waals surface area contributed by atoms with Crippen LogP contribution in [0.3, 0.4) is 0 Å². The first-order chi connectivity index (χ1) is 7.83. The smallest absolute Gasteiger partial charge is 0.127 e. The summed E-state index contributed by atoms with van der Waals surface area (Å²) in [5.74, 6) is 0.809. The lowest BCUT2D eigenvalue weighted by Crippen LogP contribution is -2.04. The van der Waals surface area contributed by atoms with Gasteiger partial charge in [0.05, 0.1) is 6.61 Å². The second kappa shape index (κ2) is 4.81. The van der Waals surface area contributed by atoms with Gasteiger partial charge >= 0.3 is 0 Å². The van der Waals surface area contributed by atoms with Crippen molar-refractivity contribution in [3.8, 4) is 5.75 Å². The van der Waals surface area contributed by atoms with Gasteiger partial charge in [-0.15, -0.1) is 0 Å². The van der Waals surface area contributed by atoms with Crippen LogP contribution in [0.4, 0.5) is 5.69 Å². The summed E-state index contributed by atoms with van der Waals surface area (Å²) < 4.78 is 10.5. The van der Waals surface area contributed by atoms with E-state index in [9.17, 15) is 0 Å². The Kier molecular flexibility index (Phi) is 3.22. The molecule has 0 aliphatic rings. The van der Waals surface area contributed by atoms with Gasteiger partial charge in [0.1, 0.15) is 12.4 Å². The Morgan fingerprint density at radius 2 is 2.06 bits per heavy atom. The van der Waals surface area contributed by atoms with E-state index in [0.717, 1.165) is 16.5 Å². The molecule has 2 N–H and O–H groups in total. The third-order valence-electron chi connectivity index (χ3n) is 2.36. The number of nitrogen functional groups attached to an aromatic ring is 1. The standard InChI is InChI=1S/C12H14N2O2/c1-15-6-7-16-12-3-2-11(13)10-8-14-5-4-9(10)12/h2-5,8H,6-7,13H2,1H3. The first-order valence-electron chi connectivity index (χ1n) is 5.07. The number of fused-ring (bicyclic) bond motifs is 1. The Hall–Kier alpha value is -1.81. The molecule has 1 aromatic heterocycles. The Morgan fingerprint density at radius 1 is 1.19 bits per heavy atom. The fraction of sp³-hybridized carbons (Fsp3) is 0.250. The van der Waals surface area contributed by atoms with Crippen molar-refractivity contribution in [3.63, 3.8) is 0 Å². The molecule has 0 saturated carbocycles. The van der Waals surface area contributed by atoms with Gasteiger partial charge in [-0.3, -0.25) is 4.98 Å². The number of rotatable bonds is 4. The van der Waals surface area contributed by atoms with Gasteiger partial charge in [-0.25, -0.2) is 0 Å². The van der Waals surface area contributed by atoms with Crippen LogP contribution in [0.1, 0.15) is 0 Å². The number of anilines is 1. The molecule has 0 fully saturated rings. The van der Waals surface area contributed by atoms with Crippen LogP contribution in [0, 0.1) is 0 Å². The van der Waals surface area contributed by atoms with Gasteiger partial charge in [0.25, 0.3) is 0 Å². The van der Waals surface area contributed by atoms with Gasteiger partial charge in [0.2, 0.25) is 0 Å². The second-order valence-electron chi connectivity index (χ2n) is 3.42. The van der Waals surface area contributed by atoms with Gasteiger partial charge < -0.3 is 15.2 Å². The molecule has 0 bridgehead atoms. The summed E-state index contributed by atoms with van der Waals surface area (Å²) in [6.45, 7) is 1.09. The number of nitrogens with two attached hydrogens (primary N) is 1. The van der Waals surface area contributed by atoms with E-state index in [2.05, 4.69) is 4.98 Å². The monoisotopic (exact) mass is 218 g/mol. The van der Waals surface area contributed by atoms with Crippen LogP contribution in [0.15, 0.2) is 30.6 Å². The molecular weight excluding hydrogens is 204 g/mol. The summed E-state index contributed by atoms with van der Waals surface area (Å²) in [7, 11) is 1.65. The lowest BCUT2D eigenvalue weighted by molar-refractivity contribution is 0.147. The van der Waals surface area contributed by atoms with Gasteiger partial charge in [0, 0.05) is 36.0 Å². The number of benzene rings is 1. The lowest BCUT2D eigenvalue weighted by atomic mass is 10.1. The SMILES string of the molecule is COCCOc1ccc(N)c2cnccc12. The predicted molar refractivity (Wildman–Crippen MR) is 63.5 cm³/mol. The van der Waals surface area contributed by atoms with Gasteiger partial charge in [-0.1, -0.05) is 0 Å². The third-order valence-corrected chi connectivity index (χ3v) is 2.36. The van der Waals surface area contributed by atoms with E-state index in [1.165, 1.54) is 0 Å². The topological polar surface area (TPSA) is 57.4 Å². The average molecular weight is 218 g/mol. The van der Waals surface area contributed by atoms with E-state index in [1.54, 1.807) is 19.5 Å². The van der Waals surface area contributed by atoms with Crippen LogP contribution in [0.5, 0.6) is 5.75 Å². The predicted octanol–water partition coefficient (Wildman–Crippen LogP) is 1.84. The second-order valence-corrected chi connectivity index (χ2v) is 3.42. The lowest BCUT2D eigenvalue weighted by Gasteiger charge is -2.09. The Morgan fingerprint density at radius 3 is 2.88 bits per heavy atom. The average Bonchev–Trinajstić information content (AvgIpc) is 2.33. The number of pyridine rings is 1. The Bertz CT molecular complexity index is 485. The molecule has 0 amide bonds. The number of nitrogens with zero attached hydrogens (tertiary/aromatic N) is 1. The molecule has 0 aliphatic heterocycles. The fourth-order valence-corrected chi connectivity index (χ4v) is 1.55. The van der Waals surface area contributed by atoms with Crippen LogP contribution in [-0.4, -0.2) is 25.3 Å². The molecule has 0 saturated heterocycles. The van der Waals surface area contributed by atoms with Gasteiger partial charge in [-0.2, -0.15) is 0 Å². The molecule has 1 heterocycles. The molecule has 4 heteroatoms. The zero-order chi connectivity index (χ0) is 11.4. The summed E-state index contributed by atoms with van der Waals surface area (Å²) in [5, 5.41) is 1.89. The van der Waals surface area contributed by atoms with Gasteiger partial charge in [0.15, 0.2) is 0 Å². The van der Waals surface area contributed by atoms with E-state index in [0.29, 0.717) is 18.9 Å². The molecule has 1 aromatic carbocycles. The van der Waals surface area contributed by atoms with Crippen LogP contribution < -0.4 is 10.5 Å². The molecule has 16 heavy (non-hydrogen) atoms. The summed E-state index contributed by atoms with van der Waals surface area (Å²) >= 11 is 0. The van der Waals surface area contributed by atoms with E-state index >= 15 is 0 Å². The normalized spacial score (nSPS) is 10.6. The van der Waals surface area contributed by atoms with Crippen molar-refractivity contribution in [1.29, 1.82) is 0 Å². The van der Waals surface area contributed by atoms with Crippen molar-refractivity contribution in [2.75, 3.05) is 26.1 Å². The summed E-state index contributed by atoms with van der Waals surface area (Å²) in [6.07, 6.45) is 3.47. The quantitative estimate of drug-likeness (QED) is 0.628. The number of hydrogen-bond acceptors (Lipinski definition) is 4. The molecule has 2 rings (SSSR count). The molecule has 0 atom stereocenters. The van der Waals surface area contributed by atoms with Crippen molar-refractivity contribution in [1.82, 2.24) is 4.98 Å². The molecule has 2 aromatic rings. The minimum Gasteiger partial charge on any atom is -0.491 e. The highest BCUT2D eigenvalue weighted by molar-refractivity contribution is 5.96. The van der Waals surface area contributed by atoms with Crippen molar-refractivity contribution in [2.24, 2.45) is 0 Å². The number of ether oxygens (including phenoxy) is 2. The molecule has 0 spiro atoms. The molecule has 84 valence electrons. The maximum atomic E-state index is 5.86. The maximum absolute atomic E-state index is 5.86. The van der Waals surface area contributed by atoms with Crippen molar-refractivity contribution >= 4 is 16.5 Å². The highest BCUT2D eigenvalue weighted by Crippen LogP contribution is 2.28. The third kappa shape index (κ3) is 2.06. The number of hydrogen-bond donors (Lipinski definition) is 1. The van der Waals surface area contributed by atoms with E-state index < -0.39 is 0 Å². The maximum Gasteiger partial charge on any atom is 0.127 e. The van der Waals surface area contributed by atoms with Crippen LogP contribution >= 0.6 is 0 Å². The van der Waals surface area contributed by atoms with E-state index in [-0.39, 0.29) is 0 Å². The fourth-order valence-electron chi connectivity index (χ4n) is 1.55. The summed E-state index contributed by atoms with van der Waals surface area (Å²) in [6, 6.07) is 5.59. The first kappa shape index (κ1) is 10.7. The summed E-state index contributed by atoms with van der Waals surface area (Å²) in [4.78, 5) is 4.05. The molecule has 0 unspecified atom stereocenters. The van der Waals surface area contributed by atoms with Crippen LogP contribution in [0.25, 0.3) is 10.8 Å². The molecule has 0 aliphatic carbocycles. The highest BCUT2D eigenvalue weighted by atomic mass is 16.5. The van der Waals surface area contributed by atoms with Crippen LogP contribution in [0.2, 0.25) is 0 Å². The first-order valence-corrected chi connectivity index (χ1v) is 5.07. The van der Waals surface area contributed by atoms with E-state index in [4.69, 9.17) is 15.2 Å². The zero-order valence-corrected chi connectivity index (χ0v) is 9.14. The summed E-state index contributed by atoms with van der Waals surface area (Å²) in [5.41, 5.74) is 6.57. The number of methoxy groups -OCH3 is 1. The number of aromatic nitrogens is 1. The molecule has 0 radical (unpaired) electrons. The minimum atomic E-state index is 0.526. The highest BCUT2D eigenvalue weighted by Gasteiger charge is 2.04. The van der Waals surface area contributed by atoms with Gasteiger partial charge in [-0.05, 0) is 18.2 Å². The Balaban J connectivity index is 2.35. The zero-order valence-electron chi connectivity index (χ0n) is 9.14. The van der Waals surface area contributed by atoms with Crippen LogP contribution in [-0.2, 0) is 4.74 Å². The minimum absolute atomic E-state index is 0.526.